The van der Waals surface area contributed by atoms with Gasteiger partial charge < -0.3 is 0 Å². The van der Waals surface area contributed by atoms with Gasteiger partial charge in [0, 0.05) is 18.4 Å². The topological polar surface area (TPSA) is 21.1 Å². The molecule has 1 aliphatic heterocycles. The highest BCUT2D eigenvalue weighted by Crippen LogP contribution is 2.24. The van der Waals surface area contributed by atoms with Crippen LogP contribution in [0.25, 0.3) is 0 Å². The summed E-state index contributed by atoms with van der Waals surface area (Å²) in [5.74, 6) is 0.145. The summed E-state index contributed by atoms with van der Waals surface area (Å²) in [5, 5.41) is 0. The molecule has 0 saturated carbocycles. The number of aromatic nitrogens is 2. The number of imidazole rings is 1. The summed E-state index contributed by atoms with van der Waals surface area (Å²) in [6.45, 7) is -1.26. The van der Waals surface area contributed by atoms with Gasteiger partial charge in [-0.25, -0.2) is 9.37 Å². The molecule has 0 amide bonds. The monoisotopic (exact) mass is 309 g/mol. The Morgan fingerprint density at radius 2 is 2.00 bits per heavy atom. The molecule has 1 saturated heterocycles. The molecule has 0 N–H and O–H groups in total. The molecule has 1 unspecified atom stereocenters. The summed E-state index contributed by atoms with van der Waals surface area (Å²) >= 11 is 0. The Morgan fingerprint density at radius 3 is 2.73 bits per heavy atom. The van der Waals surface area contributed by atoms with E-state index in [9.17, 15) is 13.2 Å². The van der Waals surface area contributed by atoms with E-state index >= 15 is 0 Å². The number of halogens is 3. The molecule has 118 valence electrons. The van der Waals surface area contributed by atoms with Gasteiger partial charge in [-0.2, -0.15) is 8.78 Å². The predicted molar refractivity (Wildman–Crippen MR) is 77.0 cm³/mol. The highest BCUT2D eigenvalue weighted by atomic mass is 19.3. The highest BCUT2D eigenvalue weighted by Gasteiger charge is 2.26. The second-order valence-corrected chi connectivity index (χ2v) is 5.63. The third-order valence-corrected chi connectivity index (χ3v) is 4.19. The van der Waals surface area contributed by atoms with Crippen LogP contribution in [0, 0.1) is 5.82 Å². The van der Waals surface area contributed by atoms with Crippen molar-refractivity contribution in [1.82, 2.24) is 14.5 Å². The van der Waals surface area contributed by atoms with Gasteiger partial charge in [0.2, 0.25) is 0 Å². The molecule has 3 nitrogen and oxygen atoms in total. The van der Waals surface area contributed by atoms with Crippen molar-refractivity contribution in [3.63, 3.8) is 0 Å². The summed E-state index contributed by atoms with van der Waals surface area (Å²) in [4.78, 5) is 6.23. The average molecular weight is 309 g/mol. The number of hydrogen-bond donors (Lipinski definition) is 0. The van der Waals surface area contributed by atoms with Gasteiger partial charge in [0.1, 0.15) is 11.6 Å². The Balaban J connectivity index is 1.68. The summed E-state index contributed by atoms with van der Waals surface area (Å²) in [6.07, 6.45) is 5.58. The van der Waals surface area contributed by atoms with Gasteiger partial charge in [0.15, 0.2) is 0 Å². The minimum absolute atomic E-state index is 0.244. The van der Waals surface area contributed by atoms with Crippen LogP contribution in [0.1, 0.15) is 30.8 Å². The molecule has 0 bridgehead atoms. The van der Waals surface area contributed by atoms with Crippen molar-refractivity contribution >= 4 is 0 Å². The van der Waals surface area contributed by atoms with Crippen molar-refractivity contribution in [1.29, 1.82) is 0 Å². The molecule has 1 fully saturated rings. The minimum atomic E-state index is -2.56. The minimum Gasteiger partial charge on any atom is -0.293 e. The van der Waals surface area contributed by atoms with E-state index in [1.54, 1.807) is 12.1 Å². The van der Waals surface area contributed by atoms with E-state index in [-0.39, 0.29) is 11.9 Å². The third-order valence-electron chi connectivity index (χ3n) is 4.19. The first-order chi connectivity index (χ1) is 10.6. The van der Waals surface area contributed by atoms with Crippen LogP contribution in [-0.4, -0.2) is 27.0 Å². The van der Waals surface area contributed by atoms with Crippen molar-refractivity contribution < 1.29 is 13.2 Å². The van der Waals surface area contributed by atoms with Gasteiger partial charge in [-0.05, 0) is 43.5 Å². The average Bonchev–Trinajstić information content (AvgIpc) is 3.12. The Labute approximate surface area is 127 Å². The second-order valence-electron chi connectivity index (χ2n) is 5.63. The Morgan fingerprint density at radius 1 is 1.23 bits per heavy atom. The van der Waals surface area contributed by atoms with Crippen LogP contribution >= 0.6 is 0 Å². The lowest BCUT2D eigenvalue weighted by atomic mass is 10.0. The van der Waals surface area contributed by atoms with Crippen LogP contribution in [0.2, 0.25) is 0 Å². The lowest BCUT2D eigenvalue weighted by Crippen LogP contribution is -2.31. The Bertz CT molecular complexity index is 609. The molecule has 22 heavy (non-hydrogen) atoms. The van der Waals surface area contributed by atoms with Gasteiger partial charge in [0.05, 0.1) is 6.54 Å². The zero-order valence-electron chi connectivity index (χ0n) is 12.1. The van der Waals surface area contributed by atoms with E-state index < -0.39 is 6.55 Å². The summed E-state index contributed by atoms with van der Waals surface area (Å²) in [5.41, 5.74) is 1.07. The van der Waals surface area contributed by atoms with Gasteiger partial charge in [0.25, 0.3) is 0 Å². The molecule has 6 heteroatoms. The summed E-state index contributed by atoms with van der Waals surface area (Å²) < 4.78 is 39.6. The number of nitrogens with zero attached hydrogens (tertiary/aromatic N) is 3. The van der Waals surface area contributed by atoms with Gasteiger partial charge in [-0.15, -0.1) is 0 Å². The zero-order chi connectivity index (χ0) is 15.5. The number of rotatable bonds is 5. The molecule has 0 spiro atoms. The summed E-state index contributed by atoms with van der Waals surface area (Å²) in [6, 6.07) is 6.77. The van der Waals surface area contributed by atoms with E-state index in [4.69, 9.17) is 0 Å². The standard InChI is InChI=1S/C16H18F3N3/c17-13-5-3-12(4-6-13)10-14-2-1-8-21(14)11-15-20-7-9-22(15)16(18)19/h3-7,9,14,16H,1-2,8,10-11H2. The number of hydrogen-bond acceptors (Lipinski definition) is 2. The Kier molecular flexibility index (Phi) is 4.47. The fourth-order valence-electron chi connectivity index (χ4n) is 3.05. The van der Waals surface area contributed by atoms with Crippen LogP contribution in [0.4, 0.5) is 13.2 Å². The van der Waals surface area contributed by atoms with E-state index in [1.807, 2.05) is 0 Å². The van der Waals surface area contributed by atoms with Crippen LogP contribution < -0.4 is 0 Å². The highest BCUT2D eigenvalue weighted by molar-refractivity contribution is 5.17. The molecule has 0 aliphatic carbocycles. The Hall–Kier alpha value is -1.82. The van der Waals surface area contributed by atoms with Crippen LogP contribution in [-0.2, 0) is 13.0 Å². The molecule has 1 aromatic carbocycles. The number of likely N-dealkylation sites (tertiary alicyclic amines) is 1. The largest absolute Gasteiger partial charge is 0.319 e. The van der Waals surface area contributed by atoms with Gasteiger partial charge in [-0.3, -0.25) is 9.47 Å². The van der Waals surface area contributed by atoms with Crippen molar-refractivity contribution in [3.05, 3.63) is 53.9 Å². The molecular formula is C16H18F3N3. The fourth-order valence-corrected chi connectivity index (χ4v) is 3.05. The maximum absolute atomic E-state index is 13.0. The van der Waals surface area contributed by atoms with Gasteiger partial charge >= 0.3 is 6.55 Å². The van der Waals surface area contributed by atoms with Gasteiger partial charge in [-0.1, -0.05) is 12.1 Å². The van der Waals surface area contributed by atoms with Crippen LogP contribution in [0.5, 0.6) is 0 Å². The maximum Gasteiger partial charge on any atom is 0.319 e. The lowest BCUT2D eigenvalue weighted by Gasteiger charge is -2.24. The predicted octanol–water partition coefficient (Wildman–Crippen LogP) is 3.62. The third kappa shape index (κ3) is 3.32. The van der Waals surface area contributed by atoms with Crippen molar-refractivity contribution in [3.8, 4) is 0 Å². The molecule has 3 rings (SSSR count). The van der Waals surface area contributed by atoms with E-state index in [1.165, 1.54) is 24.5 Å². The normalized spacial score (nSPS) is 19.2. The smallest absolute Gasteiger partial charge is 0.293 e. The molecular weight excluding hydrogens is 291 g/mol. The van der Waals surface area contributed by atoms with Crippen molar-refractivity contribution in [2.75, 3.05) is 6.54 Å². The van der Waals surface area contributed by atoms with Crippen LogP contribution in [0.15, 0.2) is 36.7 Å². The molecule has 2 heterocycles. The second kappa shape index (κ2) is 6.52. The van der Waals surface area contributed by atoms with E-state index in [0.717, 1.165) is 35.9 Å². The van der Waals surface area contributed by atoms with E-state index in [0.29, 0.717) is 12.4 Å². The lowest BCUT2D eigenvalue weighted by molar-refractivity contribution is 0.0634. The number of alkyl halides is 2. The number of benzene rings is 1. The fraction of sp³-hybridized carbons (Fsp3) is 0.438. The van der Waals surface area contributed by atoms with Crippen molar-refractivity contribution in [2.24, 2.45) is 0 Å². The van der Waals surface area contributed by atoms with Crippen LogP contribution in [0.3, 0.4) is 0 Å². The molecule has 1 aliphatic rings. The molecule has 2 aromatic rings. The van der Waals surface area contributed by atoms with E-state index in [2.05, 4.69) is 9.88 Å². The SMILES string of the molecule is Fc1ccc(CC2CCCN2Cc2nccn2C(F)F)cc1. The maximum atomic E-state index is 13.0. The molecule has 1 atom stereocenters. The quantitative estimate of drug-likeness (QED) is 0.841. The first kappa shape index (κ1) is 15.1. The summed E-state index contributed by atoms with van der Waals surface area (Å²) in [7, 11) is 0. The first-order valence-electron chi connectivity index (χ1n) is 7.42. The van der Waals surface area contributed by atoms with Crippen molar-refractivity contribution in [2.45, 2.75) is 38.4 Å². The first-order valence-corrected chi connectivity index (χ1v) is 7.42. The molecule has 0 radical (unpaired) electrons. The zero-order valence-corrected chi connectivity index (χ0v) is 12.1. The molecule has 1 aromatic heterocycles.